The highest BCUT2D eigenvalue weighted by Gasteiger charge is 2.27. The van der Waals surface area contributed by atoms with Gasteiger partial charge in [-0.15, -0.1) is 24.8 Å². The van der Waals surface area contributed by atoms with Crippen molar-refractivity contribution in [2.45, 2.75) is 25.5 Å². The average molecular weight is 427 g/mol. The Morgan fingerprint density at radius 3 is 2.04 bits per heavy atom. The van der Waals surface area contributed by atoms with Gasteiger partial charge in [-0.25, -0.2) is 0 Å². The van der Waals surface area contributed by atoms with Crippen LogP contribution in [0.5, 0.6) is 5.75 Å². The highest BCUT2D eigenvalue weighted by Crippen LogP contribution is 2.25. The maximum absolute atomic E-state index is 10.3. The Balaban J connectivity index is 0.00000196. The molecule has 2 aromatic rings. The Hall–Kier alpha value is -1.30. The second-order valence-electron chi connectivity index (χ2n) is 6.99. The van der Waals surface area contributed by atoms with E-state index in [1.54, 1.807) is 0 Å². The summed E-state index contributed by atoms with van der Waals surface area (Å²) in [5.41, 5.74) is 1.20. The van der Waals surface area contributed by atoms with Crippen LogP contribution >= 0.6 is 24.8 Å². The molecule has 156 valence electrons. The lowest BCUT2D eigenvalue weighted by atomic mass is 10.00. The first kappa shape index (κ1) is 24.7. The number of ether oxygens (including phenoxy) is 1. The van der Waals surface area contributed by atoms with Crippen molar-refractivity contribution >= 4 is 24.8 Å². The van der Waals surface area contributed by atoms with Crippen molar-refractivity contribution in [3.8, 4) is 5.75 Å². The van der Waals surface area contributed by atoms with Gasteiger partial charge < -0.3 is 14.7 Å². The molecule has 0 aromatic heterocycles. The molecule has 1 fully saturated rings. The molecule has 0 aliphatic carbocycles. The van der Waals surface area contributed by atoms with Crippen molar-refractivity contribution in [1.29, 1.82) is 0 Å². The topological polar surface area (TPSA) is 35.9 Å². The molecule has 0 spiro atoms. The molecule has 0 amide bonds. The Kier molecular flexibility index (Phi) is 11.5. The number of nitrogens with zero attached hydrogens (tertiary/aromatic N) is 2. The minimum atomic E-state index is -0.372. The van der Waals surface area contributed by atoms with Gasteiger partial charge in [-0.3, -0.25) is 4.90 Å². The van der Waals surface area contributed by atoms with Crippen molar-refractivity contribution < 1.29 is 9.84 Å². The Morgan fingerprint density at radius 1 is 0.893 bits per heavy atom. The maximum atomic E-state index is 10.3. The Morgan fingerprint density at radius 2 is 1.46 bits per heavy atom. The summed E-state index contributed by atoms with van der Waals surface area (Å²) in [4.78, 5) is 4.91. The Bertz CT molecular complexity index is 635. The molecule has 2 atom stereocenters. The third-order valence-electron chi connectivity index (χ3n) is 5.03. The fraction of sp³-hybridized carbons (Fsp3) is 0.455. The minimum Gasteiger partial charge on any atom is -0.494 e. The normalized spacial score (nSPS) is 17.1. The van der Waals surface area contributed by atoms with Gasteiger partial charge in [0.15, 0.2) is 0 Å². The largest absolute Gasteiger partial charge is 0.494 e. The van der Waals surface area contributed by atoms with E-state index in [-0.39, 0.29) is 37.0 Å². The number of halogens is 2. The van der Waals surface area contributed by atoms with Crippen molar-refractivity contribution in [2.75, 3.05) is 39.3 Å². The molecular weight excluding hydrogens is 395 g/mol. The zero-order valence-electron chi connectivity index (χ0n) is 16.4. The molecule has 4 nitrogen and oxygen atoms in total. The SMILES string of the molecule is CC(O)C(c1ccccc1)N1CCN(CCCOc2ccccc2)CC1.Cl.Cl. The van der Waals surface area contributed by atoms with Crippen molar-refractivity contribution in [3.63, 3.8) is 0 Å². The summed E-state index contributed by atoms with van der Waals surface area (Å²) in [6.45, 7) is 7.78. The van der Waals surface area contributed by atoms with Crippen LogP contribution in [0, 0.1) is 0 Å². The van der Waals surface area contributed by atoms with Gasteiger partial charge in [-0.05, 0) is 31.0 Å². The van der Waals surface area contributed by atoms with Gasteiger partial charge in [0.05, 0.1) is 18.8 Å². The van der Waals surface area contributed by atoms with Crippen LogP contribution in [-0.2, 0) is 0 Å². The van der Waals surface area contributed by atoms with Crippen molar-refractivity contribution in [3.05, 3.63) is 66.2 Å². The predicted octanol–water partition coefficient (Wildman–Crippen LogP) is 4.04. The highest BCUT2D eigenvalue weighted by atomic mass is 35.5. The fourth-order valence-electron chi connectivity index (χ4n) is 3.70. The lowest BCUT2D eigenvalue weighted by molar-refractivity contribution is 0.0251. The molecule has 0 saturated carbocycles. The summed E-state index contributed by atoms with van der Waals surface area (Å²) in [6, 6.07) is 20.4. The van der Waals surface area contributed by atoms with E-state index in [4.69, 9.17) is 4.74 Å². The molecule has 1 aliphatic heterocycles. The number of para-hydroxylation sites is 1. The lowest BCUT2D eigenvalue weighted by Crippen LogP contribution is -2.49. The fourth-order valence-corrected chi connectivity index (χ4v) is 3.70. The van der Waals surface area contributed by atoms with Gasteiger partial charge >= 0.3 is 0 Å². The van der Waals surface area contributed by atoms with Gasteiger partial charge in [0, 0.05) is 32.7 Å². The lowest BCUT2D eigenvalue weighted by Gasteiger charge is -2.40. The third kappa shape index (κ3) is 7.26. The summed E-state index contributed by atoms with van der Waals surface area (Å²) in [5.74, 6) is 0.944. The molecular formula is C22H32Cl2N2O2. The molecule has 1 heterocycles. The second-order valence-corrected chi connectivity index (χ2v) is 6.99. The second kappa shape index (κ2) is 13.0. The van der Waals surface area contributed by atoms with Crippen LogP contribution in [-0.4, -0.2) is 60.3 Å². The first-order valence-electron chi connectivity index (χ1n) is 9.61. The number of hydrogen-bond acceptors (Lipinski definition) is 4. The van der Waals surface area contributed by atoms with Crippen LogP contribution in [0.4, 0.5) is 0 Å². The molecule has 1 aliphatic rings. The van der Waals surface area contributed by atoms with E-state index in [0.29, 0.717) is 0 Å². The van der Waals surface area contributed by atoms with Gasteiger partial charge in [-0.2, -0.15) is 0 Å². The van der Waals surface area contributed by atoms with Crippen molar-refractivity contribution in [1.82, 2.24) is 9.80 Å². The summed E-state index contributed by atoms with van der Waals surface area (Å²) in [5, 5.41) is 10.3. The number of aliphatic hydroxyl groups excluding tert-OH is 1. The maximum Gasteiger partial charge on any atom is 0.119 e. The van der Waals surface area contributed by atoms with E-state index in [1.807, 2.05) is 55.5 Å². The number of aliphatic hydroxyl groups is 1. The molecule has 28 heavy (non-hydrogen) atoms. The average Bonchev–Trinajstić information content (AvgIpc) is 2.68. The van der Waals surface area contributed by atoms with E-state index in [9.17, 15) is 5.11 Å². The molecule has 0 bridgehead atoms. The Labute approximate surface area is 181 Å². The highest BCUT2D eigenvalue weighted by molar-refractivity contribution is 5.85. The number of piperazine rings is 1. The van der Waals surface area contributed by atoms with Gasteiger partial charge in [-0.1, -0.05) is 48.5 Å². The number of benzene rings is 2. The van der Waals surface area contributed by atoms with E-state index < -0.39 is 0 Å². The molecule has 1 N–H and O–H groups in total. The zero-order valence-corrected chi connectivity index (χ0v) is 18.1. The predicted molar refractivity (Wildman–Crippen MR) is 120 cm³/mol. The van der Waals surface area contributed by atoms with E-state index in [0.717, 1.165) is 51.5 Å². The smallest absolute Gasteiger partial charge is 0.119 e. The van der Waals surface area contributed by atoms with Crippen molar-refractivity contribution in [2.24, 2.45) is 0 Å². The molecule has 2 aromatic carbocycles. The van der Waals surface area contributed by atoms with E-state index in [1.165, 1.54) is 5.56 Å². The molecule has 0 radical (unpaired) electrons. The molecule has 6 heteroatoms. The first-order chi connectivity index (χ1) is 12.7. The standard InChI is InChI=1S/C22H30N2O2.2ClH/c1-19(25)22(20-9-4-2-5-10-20)24-16-14-23(15-17-24)13-8-18-26-21-11-6-3-7-12-21;;/h2-7,9-12,19,22,25H,8,13-18H2,1H3;2*1H. The summed E-state index contributed by atoms with van der Waals surface area (Å²) < 4.78 is 5.78. The quantitative estimate of drug-likeness (QED) is 0.646. The van der Waals surface area contributed by atoms with E-state index >= 15 is 0 Å². The van der Waals surface area contributed by atoms with Crippen LogP contribution in [0.25, 0.3) is 0 Å². The summed E-state index contributed by atoms with van der Waals surface area (Å²) in [6.07, 6.45) is 0.663. The van der Waals surface area contributed by atoms with Gasteiger partial charge in [0.1, 0.15) is 5.75 Å². The monoisotopic (exact) mass is 426 g/mol. The van der Waals surface area contributed by atoms with Crippen LogP contribution < -0.4 is 4.74 Å². The van der Waals surface area contributed by atoms with Gasteiger partial charge in [0.2, 0.25) is 0 Å². The van der Waals surface area contributed by atoms with Crippen LogP contribution in [0.15, 0.2) is 60.7 Å². The minimum absolute atomic E-state index is 0. The molecule has 1 saturated heterocycles. The number of rotatable bonds is 8. The van der Waals surface area contributed by atoms with Crippen LogP contribution in [0.3, 0.4) is 0 Å². The summed E-state index contributed by atoms with van der Waals surface area (Å²) in [7, 11) is 0. The first-order valence-corrected chi connectivity index (χ1v) is 9.61. The molecule has 3 rings (SSSR count). The van der Waals surface area contributed by atoms with Crippen LogP contribution in [0.2, 0.25) is 0 Å². The van der Waals surface area contributed by atoms with E-state index in [2.05, 4.69) is 21.9 Å². The third-order valence-corrected chi connectivity index (χ3v) is 5.03. The summed E-state index contributed by atoms with van der Waals surface area (Å²) >= 11 is 0. The van der Waals surface area contributed by atoms with Crippen LogP contribution in [0.1, 0.15) is 24.9 Å². The zero-order chi connectivity index (χ0) is 18.2. The number of hydrogen-bond donors (Lipinski definition) is 1. The van der Waals surface area contributed by atoms with Gasteiger partial charge in [0.25, 0.3) is 0 Å². The molecule has 2 unspecified atom stereocenters.